The van der Waals surface area contributed by atoms with E-state index in [2.05, 4.69) is 25.6 Å². The van der Waals surface area contributed by atoms with Crippen LogP contribution in [0.3, 0.4) is 0 Å². The number of hydrogen-bond acceptors (Lipinski definition) is 5. The predicted octanol–water partition coefficient (Wildman–Crippen LogP) is 4.93. The maximum absolute atomic E-state index is 14.1. The van der Waals surface area contributed by atoms with Crippen LogP contribution >= 0.6 is 23.2 Å². The number of aromatic nitrogens is 3. The average molecular weight is 406 g/mol. The summed E-state index contributed by atoms with van der Waals surface area (Å²) in [5, 5.41) is 5.75. The van der Waals surface area contributed by atoms with Crippen LogP contribution in [0.2, 0.25) is 10.0 Å². The predicted molar refractivity (Wildman–Crippen MR) is 103 cm³/mol. The highest BCUT2D eigenvalue weighted by Crippen LogP contribution is 2.26. The van der Waals surface area contributed by atoms with Gasteiger partial charge in [0.2, 0.25) is 0 Å². The summed E-state index contributed by atoms with van der Waals surface area (Å²) in [7, 11) is 0. The molecule has 0 aliphatic carbocycles. The molecule has 1 aromatic carbocycles. The summed E-state index contributed by atoms with van der Waals surface area (Å²) >= 11 is 12.0. The number of rotatable bonds is 4. The first kappa shape index (κ1) is 19.0. The molecule has 0 bridgehead atoms. The van der Waals surface area contributed by atoms with Gasteiger partial charge >= 0.3 is 0 Å². The van der Waals surface area contributed by atoms with Gasteiger partial charge in [-0.1, -0.05) is 29.3 Å². The molecule has 2 aromatic heterocycles. The van der Waals surface area contributed by atoms with Crippen molar-refractivity contribution in [3.8, 4) is 0 Å². The highest BCUT2D eigenvalue weighted by atomic mass is 35.5. The Labute approximate surface area is 164 Å². The molecule has 0 aliphatic heterocycles. The van der Waals surface area contributed by atoms with Gasteiger partial charge in [0.05, 0.1) is 27.5 Å². The maximum atomic E-state index is 14.1. The smallest absolute Gasteiger partial charge is 0.258 e. The number of hydrogen-bond donors (Lipinski definition) is 2. The van der Waals surface area contributed by atoms with E-state index < -0.39 is 11.7 Å². The molecule has 0 saturated carbocycles. The van der Waals surface area contributed by atoms with Crippen LogP contribution in [-0.2, 0) is 0 Å². The molecule has 9 heteroatoms. The molecule has 0 radical (unpaired) electrons. The van der Waals surface area contributed by atoms with Crippen LogP contribution in [0.4, 0.5) is 21.7 Å². The Kier molecular flexibility index (Phi) is 5.53. The fourth-order valence-electron chi connectivity index (χ4n) is 2.41. The van der Waals surface area contributed by atoms with Crippen molar-refractivity contribution in [2.75, 3.05) is 10.6 Å². The second-order valence-electron chi connectivity index (χ2n) is 5.67. The number of pyridine rings is 1. The van der Waals surface area contributed by atoms with Crippen molar-refractivity contribution in [3.05, 3.63) is 69.5 Å². The first-order valence-corrected chi connectivity index (χ1v) is 8.59. The lowest BCUT2D eigenvalue weighted by atomic mass is 10.2. The summed E-state index contributed by atoms with van der Waals surface area (Å²) < 4.78 is 14.1. The third kappa shape index (κ3) is 4.50. The molecule has 6 nitrogen and oxygen atoms in total. The third-order valence-electron chi connectivity index (χ3n) is 3.52. The van der Waals surface area contributed by atoms with Gasteiger partial charge in [-0.25, -0.2) is 19.3 Å². The molecule has 0 unspecified atom stereocenters. The molecule has 3 aromatic rings. The maximum Gasteiger partial charge on any atom is 0.258 e. The number of amides is 1. The van der Waals surface area contributed by atoms with Crippen LogP contribution in [0.15, 0.2) is 36.5 Å². The van der Waals surface area contributed by atoms with Crippen molar-refractivity contribution in [3.63, 3.8) is 0 Å². The summed E-state index contributed by atoms with van der Waals surface area (Å²) in [6, 6.07) is 7.74. The van der Waals surface area contributed by atoms with Crippen molar-refractivity contribution in [2.24, 2.45) is 0 Å². The Hall–Kier alpha value is -2.77. The van der Waals surface area contributed by atoms with Crippen molar-refractivity contribution in [1.29, 1.82) is 0 Å². The monoisotopic (exact) mass is 405 g/mol. The average Bonchev–Trinajstić information content (AvgIpc) is 2.57. The molecule has 0 saturated heterocycles. The number of nitrogens with zero attached hydrogens (tertiary/aromatic N) is 3. The van der Waals surface area contributed by atoms with E-state index in [1.165, 1.54) is 18.2 Å². The topological polar surface area (TPSA) is 79.8 Å². The molecule has 1 amide bonds. The van der Waals surface area contributed by atoms with Gasteiger partial charge in [0.25, 0.3) is 5.91 Å². The number of carbonyl (C=O) groups is 1. The minimum absolute atomic E-state index is 0.0635. The molecular weight excluding hydrogens is 392 g/mol. The van der Waals surface area contributed by atoms with Crippen molar-refractivity contribution in [2.45, 2.75) is 13.8 Å². The van der Waals surface area contributed by atoms with Crippen LogP contribution in [0.1, 0.15) is 21.9 Å². The zero-order valence-electron chi connectivity index (χ0n) is 14.3. The number of benzene rings is 1. The van der Waals surface area contributed by atoms with Crippen LogP contribution in [0.25, 0.3) is 0 Å². The van der Waals surface area contributed by atoms with Gasteiger partial charge in [-0.15, -0.1) is 0 Å². The van der Waals surface area contributed by atoms with E-state index in [0.29, 0.717) is 17.5 Å². The van der Waals surface area contributed by atoms with E-state index >= 15 is 0 Å². The minimum atomic E-state index is -0.702. The molecule has 27 heavy (non-hydrogen) atoms. The summed E-state index contributed by atoms with van der Waals surface area (Å²) in [5.74, 6) is 0.0592. The molecule has 0 fully saturated rings. The van der Waals surface area contributed by atoms with E-state index in [1.807, 2.05) is 6.92 Å². The Morgan fingerprint density at radius 3 is 2.44 bits per heavy atom. The Morgan fingerprint density at radius 2 is 1.78 bits per heavy atom. The van der Waals surface area contributed by atoms with Crippen molar-refractivity contribution in [1.82, 2.24) is 15.0 Å². The Bertz CT molecular complexity index is 988. The van der Waals surface area contributed by atoms with Crippen LogP contribution < -0.4 is 10.6 Å². The van der Waals surface area contributed by atoms with Gasteiger partial charge in [0.15, 0.2) is 5.82 Å². The standard InChI is InChI=1S/C18H14Cl2FN5O/c1-9-6-16(24-10(2)23-9)26-15-7-14(13(21)8-22-15)25-18(27)17-11(19)4-3-5-12(17)20/h3-8H,1-2H3,(H2,22,23,24,25,26,27). The lowest BCUT2D eigenvalue weighted by Crippen LogP contribution is -2.14. The Morgan fingerprint density at radius 1 is 1.07 bits per heavy atom. The summed E-state index contributed by atoms with van der Waals surface area (Å²) in [4.78, 5) is 24.8. The van der Waals surface area contributed by atoms with Gasteiger partial charge in [-0.3, -0.25) is 4.79 Å². The molecule has 138 valence electrons. The fourth-order valence-corrected chi connectivity index (χ4v) is 2.98. The zero-order chi connectivity index (χ0) is 19.6. The highest BCUT2D eigenvalue weighted by molar-refractivity contribution is 6.40. The second-order valence-corrected chi connectivity index (χ2v) is 6.48. The van der Waals surface area contributed by atoms with Gasteiger partial charge < -0.3 is 10.6 Å². The van der Waals surface area contributed by atoms with Gasteiger partial charge in [-0.05, 0) is 26.0 Å². The normalized spacial score (nSPS) is 10.6. The Balaban J connectivity index is 1.86. The number of carbonyl (C=O) groups excluding carboxylic acids is 1. The van der Waals surface area contributed by atoms with Crippen LogP contribution in [-0.4, -0.2) is 20.9 Å². The number of halogens is 3. The van der Waals surface area contributed by atoms with Crippen molar-refractivity contribution >= 4 is 46.4 Å². The SMILES string of the molecule is Cc1cc(Nc2cc(NC(=O)c3c(Cl)cccc3Cl)c(F)cn2)nc(C)n1. The van der Waals surface area contributed by atoms with E-state index in [4.69, 9.17) is 23.2 Å². The number of aryl methyl sites for hydroxylation is 2. The fraction of sp³-hybridized carbons (Fsp3) is 0.111. The van der Waals surface area contributed by atoms with Crippen LogP contribution in [0, 0.1) is 19.7 Å². The largest absolute Gasteiger partial charge is 0.325 e. The lowest BCUT2D eigenvalue weighted by Gasteiger charge is -2.11. The molecule has 0 atom stereocenters. The first-order valence-electron chi connectivity index (χ1n) is 7.83. The van der Waals surface area contributed by atoms with Gasteiger partial charge in [-0.2, -0.15) is 0 Å². The van der Waals surface area contributed by atoms with E-state index in [0.717, 1.165) is 11.9 Å². The quantitative estimate of drug-likeness (QED) is 0.642. The first-order chi connectivity index (χ1) is 12.8. The van der Waals surface area contributed by atoms with Crippen LogP contribution in [0.5, 0.6) is 0 Å². The van der Waals surface area contributed by atoms with Crippen molar-refractivity contribution < 1.29 is 9.18 Å². The summed E-state index contributed by atoms with van der Waals surface area (Å²) in [5.41, 5.74) is 0.763. The molecular formula is C18H14Cl2FN5O. The molecule has 2 N–H and O–H groups in total. The molecule has 3 rings (SSSR count). The van der Waals surface area contributed by atoms with Gasteiger partial charge in [0, 0.05) is 17.8 Å². The zero-order valence-corrected chi connectivity index (χ0v) is 15.9. The van der Waals surface area contributed by atoms with E-state index in [1.54, 1.807) is 19.1 Å². The summed E-state index contributed by atoms with van der Waals surface area (Å²) in [6.07, 6.45) is 0.993. The summed E-state index contributed by atoms with van der Waals surface area (Å²) in [6.45, 7) is 3.59. The number of nitrogens with one attached hydrogen (secondary N) is 2. The molecule has 0 aliphatic rings. The lowest BCUT2D eigenvalue weighted by molar-refractivity contribution is 0.102. The number of anilines is 3. The molecule has 2 heterocycles. The van der Waals surface area contributed by atoms with E-state index in [-0.39, 0.29) is 21.3 Å². The minimum Gasteiger partial charge on any atom is -0.325 e. The van der Waals surface area contributed by atoms with E-state index in [9.17, 15) is 9.18 Å². The highest BCUT2D eigenvalue weighted by Gasteiger charge is 2.17. The second kappa shape index (κ2) is 7.85. The van der Waals surface area contributed by atoms with Gasteiger partial charge in [0.1, 0.15) is 17.5 Å². The third-order valence-corrected chi connectivity index (χ3v) is 4.15. The molecule has 0 spiro atoms.